The summed E-state index contributed by atoms with van der Waals surface area (Å²) in [5, 5.41) is 30.0. The first-order valence-electron chi connectivity index (χ1n) is 3.81. The van der Waals surface area contributed by atoms with Crippen LogP contribution >= 0.6 is 0 Å². The van der Waals surface area contributed by atoms with Crippen molar-refractivity contribution in [2.75, 3.05) is 0 Å². The van der Waals surface area contributed by atoms with Gasteiger partial charge >= 0.3 is 7.32 Å². The lowest BCUT2D eigenvalue weighted by Crippen LogP contribution is -2.07. The smallest absolute Gasteiger partial charge is 0.402 e. The normalized spacial score (nSPS) is 9.42. The molecule has 0 aromatic rings. The van der Waals surface area contributed by atoms with Crippen LogP contribution in [0.3, 0.4) is 0 Å². The highest BCUT2D eigenvalue weighted by molar-refractivity contribution is 6.30. The summed E-state index contributed by atoms with van der Waals surface area (Å²) < 4.78 is 0. The van der Waals surface area contributed by atoms with E-state index in [9.17, 15) is 0 Å². The molecule has 0 saturated carbocycles. The third-order valence-corrected chi connectivity index (χ3v) is 1.18. The molecule has 0 radical (unpaired) electrons. The lowest BCUT2D eigenvalue weighted by molar-refractivity contribution is 0.278. The quantitative estimate of drug-likeness (QED) is 0.523. The fourth-order valence-corrected chi connectivity index (χ4v) is 0.681. The van der Waals surface area contributed by atoms with Crippen molar-refractivity contribution in [2.45, 2.75) is 33.6 Å². The number of rotatable bonds is 2. The van der Waals surface area contributed by atoms with Crippen molar-refractivity contribution in [1.82, 2.24) is 0 Å². The maximum Gasteiger partial charge on any atom is 0.631 e. The summed E-state index contributed by atoms with van der Waals surface area (Å²) in [6.45, 7) is 6.03. The summed E-state index contributed by atoms with van der Waals surface area (Å²) in [7, 11) is -2.17. The van der Waals surface area contributed by atoms with E-state index in [1.165, 1.54) is 0 Å². The first-order valence-corrected chi connectivity index (χ1v) is 3.81. The molecule has 0 rings (SSSR count). The Bertz CT molecular complexity index is 139. The predicted molar refractivity (Wildman–Crippen MR) is 46.7 cm³/mol. The molecule has 0 aromatic carbocycles. The van der Waals surface area contributed by atoms with Gasteiger partial charge in [-0.1, -0.05) is 13.3 Å². The van der Waals surface area contributed by atoms with Crippen LogP contribution in [0.2, 0.25) is 0 Å². The van der Waals surface area contributed by atoms with E-state index in [-0.39, 0.29) is 5.41 Å². The maximum absolute atomic E-state index is 8.48. The molecule has 0 fully saturated rings. The van der Waals surface area contributed by atoms with Crippen LogP contribution in [-0.4, -0.2) is 22.4 Å². The van der Waals surface area contributed by atoms with Crippen LogP contribution in [-0.2, 0) is 0 Å². The molecule has 3 N–H and O–H groups in total. The average molecular weight is 173 g/mol. The van der Waals surface area contributed by atoms with E-state index in [0.29, 0.717) is 0 Å². The number of nitriles is 1. The minimum absolute atomic E-state index is 0.102. The van der Waals surface area contributed by atoms with E-state index >= 15 is 0 Å². The fraction of sp³-hybridized carbons (Fsp3) is 0.857. The van der Waals surface area contributed by atoms with Crippen LogP contribution in [0.5, 0.6) is 0 Å². The Morgan fingerprint density at radius 2 is 1.67 bits per heavy atom. The van der Waals surface area contributed by atoms with E-state index in [4.69, 9.17) is 20.3 Å². The minimum Gasteiger partial charge on any atom is -0.402 e. The summed E-state index contributed by atoms with van der Waals surface area (Å²) in [5.74, 6) is 0. The molecular formula is C7H16BNO3. The number of nitrogens with zero attached hydrogens (tertiary/aromatic N) is 1. The topological polar surface area (TPSA) is 84.5 Å². The summed E-state index contributed by atoms with van der Waals surface area (Å²) in [4.78, 5) is 0. The Morgan fingerprint density at radius 1 is 1.33 bits per heavy atom. The van der Waals surface area contributed by atoms with Crippen molar-refractivity contribution >= 4 is 7.32 Å². The van der Waals surface area contributed by atoms with Gasteiger partial charge in [-0.25, -0.2) is 0 Å². The molecule has 0 unspecified atom stereocenters. The summed E-state index contributed by atoms with van der Waals surface area (Å²) in [6, 6.07) is 2.24. The zero-order valence-corrected chi connectivity index (χ0v) is 7.78. The molecule has 0 aliphatic heterocycles. The van der Waals surface area contributed by atoms with Gasteiger partial charge in [0.05, 0.1) is 11.5 Å². The molecule has 0 saturated heterocycles. The Hall–Kier alpha value is -0.565. The molecule has 0 heterocycles. The Labute approximate surface area is 73.6 Å². The molecule has 0 aromatic heterocycles. The van der Waals surface area contributed by atoms with Gasteiger partial charge in [-0.15, -0.1) is 0 Å². The third kappa shape index (κ3) is 16.2. The fourth-order valence-electron chi connectivity index (χ4n) is 0.681. The molecule has 70 valence electrons. The zero-order chi connectivity index (χ0) is 10.2. The van der Waals surface area contributed by atoms with Crippen LogP contribution < -0.4 is 0 Å². The van der Waals surface area contributed by atoms with Crippen LogP contribution in [0.4, 0.5) is 0 Å². The molecule has 0 aliphatic carbocycles. The van der Waals surface area contributed by atoms with Crippen LogP contribution in [0.25, 0.3) is 0 Å². The zero-order valence-electron chi connectivity index (χ0n) is 7.78. The van der Waals surface area contributed by atoms with Crippen LogP contribution in [0.1, 0.15) is 33.6 Å². The van der Waals surface area contributed by atoms with Gasteiger partial charge in [0.25, 0.3) is 0 Å². The van der Waals surface area contributed by atoms with Gasteiger partial charge in [0.1, 0.15) is 0 Å². The second kappa shape index (κ2) is 7.10. The van der Waals surface area contributed by atoms with Gasteiger partial charge in [-0.3, -0.25) is 0 Å². The molecule has 5 heteroatoms. The molecule has 0 bridgehead atoms. The van der Waals surface area contributed by atoms with Crippen LogP contribution in [0.15, 0.2) is 0 Å². The Kier molecular flexibility index (Phi) is 8.28. The molecule has 0 amide bonds. The van der Waals surface area contributed by atoms with Gasteiger partial charge < -0.3 is 15.1 Å². The molecule has 12 heavy (non-hydrogen) atoms. The molecule has 0 aliphatic rings. The second-order valence-corrected chi connectivity index (χ2v) is 3.09. The largest absolute Gasteiger partial charge is 0.631 e. The van der Waals surface area contributed by atoms with Crippen molar-refractivity contribution in [1.29, 1.82) is 5.26 Å². The van der Waals surface area contributed by atoms with E-state index < -0.39 is 7.32 Å². The lowest BCUT2D eigenvalue weighted by atomic mass is 9.90. The van der Waals surface area contributed by atoms with E-state index in [1.807, 2.05) is 13.8 Å². The standard InChI is InChI=1S/C7H13N.BH3O3/c1-4-5-7(2,3)6-8;2-1(3)4/h4-5H2,1-3H3;2-4H. The summed E-state index contributed by atoms with van der Waals surface area (Å²) in [5.41, 5.74) is -0.102. The van der Waals surface area contributed by atoms with E-state index in [2.05, 4.69) is 13.0 Å². The predicted octanol–water partition coefficient (Wildman–Crippen LogP) is 0.284. The van der Waals surface area contributed by atoms with Gasteiger partial charge in [0, 0.05) is 0 Å². The van der Waals surface area contributed by atoms with Gasteiger partial charge in [0.15, 0.2) is 0 Å². The van der Waals surface area contributed by atoms with E-state index in [0.717, 1.165) is 12.8 Å². The summed E-state index contributed by atoms with van der Waals surface area (Å²) in [6.07, 6.45) is 2.10. The highest BCUT2D eigenvalue weighted by atomic mass is 16.5. The van der Waals surface area contributed by atoms with Crippen LogP contribution in [0, 0.1) is 16.7 Å². The summed E-state index contributed by atoms with van der Waals surface area (Å²) >= 11 is 0. The average Bonchev–Trinajstić information content (AvgIpc) is 1.86. The van der Waals surface area contributed by atoms with Crippen molar-refractivity contribution in [3.05, 3.63) is 0 Å². The monoisotopic (exact) mass is 173 g/mol. The molecule has 0 atom stereocenters. The Morgan fingerprint density at radius 3 is 1.75 bits per heavy atom. The highest BCUT2D eigenvalue weighted by Crippen LogP contribution is 2.19. The van der Waals surface area contributed by atoms with Gasteiger partial charge in [-0.05, 0) is 20.3 Å². The molecular weight excluding hydrogens is 157 g/mol. The first-order chi connectivity index (χ1) is 5.35. The SMILES string of the molecule is CCCC(C)(C)C#N.OB(O)O. The van der Waals surface area contributed by atoms with E-state index in [1.54, 1.807) is 0 Å². The Balaban J connectivity index is 0. The van der Waals surface area contributed by atoms with Gasteiger partial charge in [0.2, 0.25) is 0 Å². The van der Waals surface area contributed by atoms with Gasteiger partial charge in [-0.2, -0.15) is 5.26 Å². The molecule has 4 nitrogen and oxygen atoms in total. The molecule has 0 spiro atoms. The van der Waals surface area contributed by atoms with Crippen molar-refractivity contribution < 1.29 is 15.1 Å². The second-order valence-electron chi connectivity index (χ2n) is 3.09. The third-order valence-electron chi connectivity index (χ3n) is 1.18. The van der Waals surface area contributed by atoms with Crippen molar-refractivity contribution in [3.63, 3.8) is 0 Å². The first kappa shape index (κ1) is 14.0. The maximum atomic E-state index is 8.48. The van der Waals surface area contributed by atoms with Crippen molar-refractivity contribution in [2.24, 2.45) is 5.41 Å². The minimum atomic E-state index is -2.17. The number of hydrogen-bond acceptors (Lipinski definition) is 4. The number of hydrogen-bond donors (Lipinski definition) is 3. The highest BCUT2D eigenvalue weighted by Gasteiger charge is 2.13. The van der Waals surface area contributed by atoms with Crippen molar-refractivity contribution in [3.8, 4) is 6.07 Å². The lowest BCUT2D eigenvalue weighted by Gasteiger charge is -2.11.